The molecule has 1 aromatic carbocycles. The summed E-state index contributed by atoms with van der Waals surface area (Å²) in [4.78, 5) is 40.1. The molecule has 1 aliphatic rings. The number of carbonyl (C=O) groups excluding carboxylic acids is 3. The molecule has 3 amide bonds. The number of thiophene rings is 1. The van der Waals surface area contributed by atoms with Crippen molar-refractivity contribution in [3.63, 3.8) is 0 Å². The molecule has 0 spiro atoms. The first-order valence-corrected chi connectivity index (χ1v) is 8.59. The molecule has 2 aromatic rings. The Morgan fingerprint density at radius 3 is 2.50 bits per heavy atom. The van der Waals surface area contributed by atoms with Gasteiger partial charge in [-0.2, -0.15) is 0 Å². The van der Waals surface area contributed by atoms with Crippen molar-refractivity contribution in [3.05, 3.63) is 57.8 Å². The summed E-state index contributed by atoms with van der Waals surface area (Å²) < 4.78 is 0. The summed E-state index contributed by atoms with van der Waals surface area (Å²) in [6, 6.07) is 12.2. The van der Waals surface area contributed by atoms with E-state index in [1.54, 1.807) is 25.1 Å². The molecule has 1 saturated heterocycles. The van der Waals surface area contributed by atoms with Crippen molar-refractivity contribution in [2.45, 2.75) is 25.8 Å². The van der Waals surface area contributed by atoms with Crippen LogP contribution in [0.1, 0.15) is 34.0 Å². The van der Waals surface area contributed by atoms with E-state index < -0.39 is 17.5 Å². The lowest BCUT2D eigenvalue weighted by molar-refractivity contribution is -0.130. The number of imide groups is 1. The van der Waals surface area contributed by atoms with E-state index in [2.05, 4.69) is 5.32 Å². The van der Waals surface area contributed by atoms with E-state index in [0.29, 0.717) is 10.4 Å². The van der Waals surface area contributed by atoms with E-state index in [0.717, 1.165) is 16.2 Å². The van der Waals surface area contributed by atoms with Crippen LogP contribution >= 0.6 is 11.3 Å². The van der Waals surface area contributed by atoms with Crippen molar-refractivity contribution in [2.24, 2.45) is 0 Å². The van der Waals surface area contributed by atoms with Gasteiger partial charge < -0.3 is 5.32 Å². The summed E-state index contributed by atoms with van der Waals surface area (Å²) in [5.41, 5.74) is -0.439. The van der Waals surface area contributed by atoms with Gasteiger partial charge in [-0.05, 0) is 31.0 Å². The Hall–Kier alpha value is -2.47. The maximum atomic E-state index is 12.8. The lowest BCUT2D eigenvalue weighted by atomic mass is 9.92. The summed E-state index contributed by atoms with van der Waals surface area (Å²) in [6.07, 6.45) is 0.854. The Kier molecular flexibility index (Phi) is 4.24. The van der Waals surface area contributed by atoms with Crippen LogP contribution in [0.5, 0.6) is 0 Å². The van der Waals surface area contributed by atoms with Gasteiger partial charge in [-0.15, -0.1) is 11.3 Å². The van der Waals surface area contributed by atoms with Gasteiger partial charge in [0, 0.05) is 4.88 Å². The molecule has 1 unspecified atom stereocenters. The van der Waals surface area contributed by atoms with Crippen molar-refractivity contribution in [1.29, 1.82) is 0 Å². The second-order valence-electron chi connectivity index (χ2n) is 5.86. The smallest absolute Gasteiger partial charge is 0.319 e. The molecule has 1 atom stereocenters. The Labute approximate surface area is 144 Å². The number of nitrogens with one attached hydrogen (secondary N) is 1. The van der Waals surface area contributed by atoms with E-state index in [-0.39, 0.29) is 12.3 Å². The average Bonchev–Trinajstić information content (AvgIpc) is 3.15. The van der Waals surface area contributed by atoms with Crippen molar-refractivity contribution < 1.29 is 14.4 Å². The lowest BCUT2D eigenvalue weighted by Crippen LogP contribution is -2.41. The molecular formula is C18H18N2O3S. The van der Waals surface area contributed by atoms with Crippen molar-refractivity contribution >= 4 is 29.1 Å². The van der Waals surface area contributed by atoms with Gasteiger partial charge in [-0.1, -0.05) is 37.3 Å². The molecular weight excluding hydrogens is 324 g/mol. The third-order valence-corrected chi connectivity index (χ3v) is 5.48. The average molecular weight is 342 g/mol. The Morgan fingerprint density at radius 1 is 1.17 bits per heavy atom. The zero-order valence-electron chi connectivity index (χ0n) is 13.5. The molecule has 2 heterocycles. The number of urea groups is 1. The lowest BCUT2D eigenvalue weighted by Gasteiger charge is -2.21. The predicted octanol–water partition coefficient (Wildman–Crippen LogP) is 2.96. The molecule has 1 N–H and O–H groups in total. The molecule has 1 aliphatic heterocycles. The van der Waals surface area contributed by atoms with Crippen LogP contribution in [0.25, 0.3) is 0 Å². The third kappa shape index (κ3) is 2.73. The molecule has 6 heteroatoms. The fraction of sp³-hybridized carbons (Fsp3) is 0.278. The topological polar surface area (TPSA) is 66.5 Å². The van der Waals surface area contributed by atoms with E-state index in [9.17, 15) is 14.4 Å². The summed E-state index contributed by atoms with van der Waals surface area (Å²) >= 11 is 1.40. The van der Waals surface area contributed by atoms with Gasteiger partial charge in [-0.25, -0.2) is 4.79 Å². The molecule has 3 rings (SSSR count). The number of benzene rings is 1. The Morgan fingerprint density at radius 2 is 1.88 bits per heavy atom. The van der Waals surface area contributed by atoms with Crippen molar-refractivity contribution in [1.82, 2.24) is 10.2 Å². The summed E-state index contributed by atoms with van der Waals surface area (Å²) in [7, 11) is 0. The first kappa shape index (κ1) is 16.4. The van der Waals surface area contributed by atoms with Crippen molar-refractivity contribution in [2.75, 3.05) is 6.54 Å². The number of rotatable bonds is 5. The largest absolute Gasteiger partial charge is 0.325 e. The van der Waals surface area contributed by atoms with Gasteiger partial charge in [0.05, 0.1) is 11.4 Å². The van der Waals surface area contributed by atoms with Crippen LogP contribution in [0, 0.1) is 0 Å². The van der Waals surface area contributed by atoms with Crippen molar-refractivity contribution in [3.8, 4) is 0 Å². The van der Waals surface area contributed by atoms with Gasteiger partial charge in [0.1, 0.15) is 5.54 Å². The number of hydrogen-bond acceptors (Lipinski definition) is 4. The number of ketones is 1. The van der Waals surface area contributed by atoms with Crippen LogP contribution in [0.15, 0.2) is 42.5 Å². The molecule has 5 nitrogen and oxygen atoms in total. The van der Waals surface area contributed by atoms with Crippen LogP contribution in [-0.4, -0.2) is 29.2 Å². The van der Waals surface area contributed by atoms with E-state index >= 15 is 0 Å². The summed E-state index contributed by atoms with van der Waals surface area (Å²) in [5.74, 6) is -0.625. The first-order chi connectivity index (χ1) is 11.5. The normalized spacial score (nSPS) is 20.3. The molecule has 1 aromatic heterocycles. The molecule has 124 valence electrons. The summed E-state index contributed by atoms with van der Waals surface area (Å²) in [6.45, 7) is 3.44. The molecule has 1 fully saturated rings. The minimum absolute atomic E-state index is 0.222. The maximum absolute atomic E-state index is 12.8. The highest BCUT2D eigenvalue weighted by Crippen LogP contribution is 2.29. The van der Waals surface area contributed by atoms with E-state index in [1.807, 2.05) is 31.2 Å². The Bertz CT molecular complexity index is 800. The number of hydrogen-bond donors (Lipinski definition) is 1. The molecule has 24 heavy (non-hydrogen) atoms. The first-order valence-electron chi connectivity index (χ1n) is 7.77. The minimum atomic E-state index is -1.14. The van der Waals surface area contributed by atoms with Crippen LogP contribution in [0.4, 0.5) is 4.79 Å². The van der Waals surface area contributed by atoms with Crippen LogP contribution in [0.2, 0.25) is 0 Å². The zero-order valence-corrected chi connectivity index (χ0v) is 14.4. The molecule has 0 radical (unpaired) electrons. The quantitative estimate of drug-likeness (QED) is 0.671. The van der Waals surface area contributed by atoms with Gasteiger partial charge in [0.15, 0.2) is 5.78 Å². The number of aryl methyl sites for hydroxylation is 1. The van der Waals surface area contributed by atoms with E-state index in [4.69, 9.17) is 0 Å². The standard InChI is InChI=1S/C18H18N2O3S/c1-3-13-9-10-15(24-13)14(21)11-20-16(22)18(2,19-17(20)23)12-7-5-4-6-8-12/h4-10H,3,11H2,1-2H3,(H,19,23). The molecule has 0 aliphatic carbocycles. The fourth-order valence-corrected chi connectivity index (χ4v) is 3.62. The summed E-state index contributed by atoms with van der Waals surface area (Å²) in [5, 5.41) is 2.71. The van der Waals surface area contributed by atoms with Gasteiger partial charge >= 0.3 is 6.03 Å². The van der Waals surface area contributed by atoms with Gasteiger partial charge in [0.25, 0.3) is 5.91 Å². The number of Topliss-reactive ketones (excluding diaryl/α,β-unsaturated/α-hetero) is 1. The van der Waals surface area contributed by atoms with Crippen LogP contribution < -0.4 is 5.32 Å². The predicted molar refractivity (Wildman–Crippen MR) is 92.1 cm³/mol. The number of carbonyl (C=O) groups is 3. The monoisotopic (exact) mass is 342 g/mol. The second-order valence-corrected chi connectivity index (χ2v) is 7.02. The highest BCUT2D eigenvalue weighted by Gasteiger charge is 2.49. The zero-order chi connectivity index (χ0) is 17.3. The fourth-order valence-electron chi connectivity index (χ4n) is 2.75. The van der Waals surface area contributed by atoms with Crippen LogP contribution in [0.3, 0.4) is 0 Å². The number of nitrogens with zero attached hydrogens (tertiary/aromatic N) is 1. The number of amides is 3. The molecule has 0 saturated carbocycles. The van der Waals surface area contributed by atoms with E-state index in [1.165, 1.54) is 11.3 Å². The third-order valence-electron chi connectivity index (χ3n) is 4.21. The minimum Gasteiger partial charge on any atom is -0.319 e. The second kappa shape index (κ2) is 6.20. The highest BCUT2D eigenvalue weighted by molar-refractivity contribution is 7.14. The maximum Gasteiger partial charge on any atom is 0.325 e. The molecule has 0 bridgehead atoms. The Balaban J connectivity index is 1.81. The highest BCUT2D eigenvalue weighted by atomic mass is 32.1. The van der Waals surface area contributed by atoms with Crippen LogP contribution in [-0.2, 0) is 16.8 Å². The van der Waals surface area contributed by atoms with Gasteiger partial charge in [0.2, 0.25) is 0 Å². The SMILES string of the molecule is CCc1ccc(C(=O)CN2C(=O)NC(C)(c3ccccc3)C2=O)s1. The van der Waals surface area contributed by atoms with Gasteiger partial charge in [-0.3, -0.25) is 14.5 Å².